The molecule has 0 radical (unpaired) electrons. The molecule has 1 N–H and O–H groups in total. The third-order valence-electron chi connectivity index (χ3n) is 1.91. The molecule has 0 saturated carbocycles. The van der Waals surface area contributed by atoms with Crippen molar-refractivity contribution in [3.05, 3.63) is 21.1 Å². The molecule has 0 amide bonds. The zero-order valence-electron chi connectivity index (χ0n) is 13.1. The number of hydrogen-bond donors (Lipinski definition) is 1. The van der Waals surface area contributed by atoms with Gasteiger partial charge in [-0.05, 0) is 36.9 Å². The Kier molecular flexibility index (Phi) is 21.2. The predicted molar refractivity (Wildman–Crippen MR) is 105 cm³/mol. The van der Waals surface area contributed by atoms with Crippen molar-refractivity contribution in [2.24, 2.45) is 0 Å². The Labute approximate surface area is 169 Å². The van der Waals surface area contributed by atoms with Crippen LogP contribution in [0.1, 0.15) is 35.0 Å². The molecule has 2 heterocycles. The molecule has 11 heteroatoms. The quantitative estimate of drug-likeness (QED) is 0.528. The number of hydrogen-bond acceptors (Lipinski definition) is 8. The summed E-state index contributed by atoms with van der Waals surface area (Å²) in [6.07, 6.45) is 0. The van der Waals surface area contributed by atoms with E-state index in [0.717, 1.165) is 21.1 Å². The summed E-state index contributed by atoms with van der Waals surface area (Å²) in [7, 11) is 2.29. The first-order valence-electron chi connectivity index (χ1n) is 6.18. The van der Waals surface area contributed by atoms with Crippen molar-refractivity contribution >= 4 is 63.0 Å². The monoisotopic (exact) mass is 609 g/mol. The zero-order valence-corrected chi connectivity index (χ0v) is 20.4. The van der Waals surface area contributed by atoms with E-state index in [4.69, 9.17) is 9.84 Å². The fourth-order valence-electron chi connectivity index (χ4n) is 0.911. The molecular formula is C11H20I2N4O2S2V. The van der Waals surface area contributed by atoms with Crippen molar-refractivity contribution in [1.82, 2.24) is 19.2 Å². The van der Waals surface area contributed by atoms with Crippen molar-refractivity contribution in [2.75, 3.05) is 7.11 Å². The molecule has 0 aliphatic heterocycles. The summed E-state index contributed by atoms with van der Waals surface area (Å²) in [4.78, 5) is 1.96. The average Bonchev–Trinajstić information content (AvgIpc) is 3.12. The molecule has 0 unspecified atom stereocenters. The van der Waals surface area contributed by atoms with Crippen LogP contribution in [-0.2, 0) is 27.4 Å². The average molecular weight is 609 g/mol. The van der Waals surface area contributed by atoms with Gasteiger partial charge in [0.15, 0.2) is 0 Å². The fraction of sp³-hybridized carbons (Fsp3) is 0.636. The van der Waals surface area contributed by atoms with Gasteiger partial charge in [0.25, 0.3) is 0 Å². The molecular weight excluding hydrogens is 589 g/mol. The van der Waals surface area contributed by atoms with Gasteiger partial charge in [0, 0.05) is 7.11 Å². The molecule has 0 aliphatic carbocycles. The molecule has 0 bridgehead atoms. The van der Waals surface area contributed by atoms with Crippen molar-refractivity contribution in [3.8, 4) is 0 Å². The second-order valence-corrected chi connectivity index (χ2v) is 16.7. The summed E-state index contributed by atoms with van der Waals surface area (Å²) in [6, 6.07) is 0. The Morgan fingerprint density at radius 2 is 1.45 bits per heavy atom. The summed E-state index contributed by atoms with van der Waals surface area (Å²) in [5.74, 6) is 0. The van der Waals surface area contributed by atoms with E-state index in [0.29, 0.717) is 16.1 Å². The summed E-state index contributed by atoms with van der Waals surface area (Å²) in [5.41, 5.74) is 1.80. The summed E-state index contributed by atoms with van der Waals surface area (Å²) in [6.45, 7) is 8.44. The van der Waals surface area contributed by atoms with Crippen LogP contribution in [0.15, 0.2) is 0 Å². The van der Waals surface area contributed by atoms with E-state index in [1.807, 2.05) is 27.7 Å². The number of nitrogens with zero attached hydrogens (tertiary/aromatic N) is 4. The van der Waals surface area contributed by atoms with Gasteiger partial charge in [-0.25, -0.2) is 0 Å². The van der Waals surface area contributed by atoms with Crippen molar-refractivity contribution < 1.29 is 19.3 Å². The third-order valence-corrected chi connectivity index (χ3v) is 3.51. The number of halogens is 2. The number of ether oxygens (including phenoxy) is 1. The maximum atomic E-state index is 8.54. The second-order valence-electron chi connectivity index (χ2n) is 3.22. The topological polar surface area (TPSA) is 81.0 Å². The molecule has 2 aromatic rings. The molecule has 0 saturated heterocycles. The molecule has 2 aromatic heterocycles. The van der Waals surface area contributed by atoms with Crippen molar-refractivity contribution in [1.29, 1.82) is 0 Å². The Hall–Kier alpha value is 1.08. The van der Waals surface area contributed by atoms with E-state index in [1.54, 1.807) is 7.11 Å². The van der Waals surface area contributed by atoms with Crippen LogP contribution in [-0.4, -0.2) is 31.4 Å². The van der Waals surface area contributed by atoms with Gasteiger partial charge >= 0.3 is 49.4 Å². The number of aromatic nitrogens is 4. The molecule has 0 fully saturated rings. The van der Waals surface area contributed by atoms with Crippen molar-refractivity contribution in [3.63, 3.8) is 0 Å². The molecule has 0 aliphatic rings. The predicted octanol–water partition coefficient (Wildman–Crippen LogP) is 4.13. The molecule has 0 aromatic carbocycles. The van der Waals surface area contributed by atoms with Gasteiger partial charge in [-0.3, -0.25) is 0 Å². The molecule has 0 spiro atoms. The molecule has 22 heavy (non-hydrogen) atoms. The molecule has 127 valence electrons. The van der Waals surface area contributed by atoms with Crippen LogP contribution in [0.4, 0.5) is 0 Å². The SMILES string of the molecule is CC.COCc1snnc1C.Cc1nnsc1CO.[I][V][I]. The third kappa shape index (κ3) is 12.5. The number of rotatable bonds is 3. The molecule has 2 rings (SSSR count). The van der Waals surface area contributed by atoms with Crippen molar-refractivity contribution in [2.45, 2.75) is 40.9 Å². The minimum absolute atomic E-state index is 0.0590. The standard InChI is InChI=1S/C5H8N2OS.C4H6N2OS.C2H6.2HI.V/c1-4-5(3-8-2)9-7-6-4;1-3-4(2-7)8-6-5-3;1-2;;;/h3H2,1-2H3;7H,2H2,1H3;1-2H3;2*1H;/q;;;;;+2/p-2. The van der Waals surface area contributed by atoms with E-state index in [-0.39, 0.29) is 6.61 Å². The normalized spacial score (nSPS) is 8.55. The molecule has 6 nitrogen and oxygen atoms in total. The number of aliphatic hydroxyl groups excluding tert-OH is 1. The van der Waals surface area contributed by atoms with Gasteiger partial charge in [-0.2, -0.15) is 0 Å². The second kappa shape index (κ2) is 18.4. The van der Waals surface area contributed by atoms with Gasteiger partial charge < -0.3 is 9.84 Å². The first-order valence-corrected chi connectivity index (χ1v) is 16.7. The first kappa shape index (κ1) is 25.3. The summed E-state index contributed by atoms with van der Waals surface area (Å²) in [5, 5.41) is 16.1. The van der Waals surface area contributed by atoms with Crippen LogP contribution >= 0.6 is 63.0 Å². The van der Waals surface area contributed by atoms with E-state index in [2.05, 4.69) is 59.1 Å². The Morgan fingerprint density at radius 1 is 1.05 bits per heavy atom. The van der Waals surface area contributed by atoms with E-state index < -0.39 is 0 Å². The van der Waals surface area contributed by atoms with Gasteiger partial charge in [0.05, 0.1) is 34.4 Å². The Morgan fingerprint density at radius 3 is 1.68 bits per heavy atom. The van der Waals surface area contributed by atoms with E-state index in [1.165, 1.54) is 23.1 Å². The molecule has 0 atom stereocenters. The number of aliphatic hydroxyl groups is 1. The van der Waals surface area contributed by atoms with Gasteiger partial charge in [-0.1, -0.05) is 22.8 Å². The summed E-state index contributed by atoms with van der Waals surface area (Å²) >= 11 is 7.36. The number of methoxy groups -OCH3 is 1. The Balaban J connectivity index is 0. The van der Waals surface area contributed by atoms with Gasteiger partial charge in [-0.15, -0.1) is 10.2 Å². The number of aryl methyl sites for hydroxylation is 2. The van der Waals surface area contributed by atoms with Crippen LogP contribution in [0.5, 0.6) is 0 Å². The Bertz CT molecular complexity index is 474. The first-order chi connectivity index (χ1) is 10.6. The van der Waals surface area contributed by atoms with Gasteiger partial charge in [0.1, 0.15) is 0 Å². The maximum absolute atomic E-state index is 8.54. The van der Waals surface area contributed by atoms with Crippen LogP contribution in [0.25, 0.3) is 0 Å². The summed E-state index contributed by atoms with van der Waals surface area (Å²) < 4.78 is 12.3. The fourth-order valence-corrected chi connectivity index (χ4v) is 2.01. The van der Waals surface area contributed by atoms with Crippen LogP contribution in [0, 0.1) is 13.8 Å². The van der Waals surface area contributed by atoms with Crippen LogP contribution in [0.3, 0.4) is 0 Å². The van der Waals surface area contributed by atoms with Crippen LogP contribution < -0.4 is 0 Å². The zero-order chi connectivity index (χ0) is 17.4. The van der Waals surface area contributed by atoms with E-state index >= 15 is 0 Å². The van der Waals surface area contributed by atoms with E-state index in [9.17, 15) is 0 Å². The minimum atomic E-state index is 0.0590. The van der Waals surface area contributed by atoms with Crippen LogP contribution in [0.2, 0.25) is 0 Å². The van der Waals surface area contributed by atoms with Gasteiger partial charge in [0.2, 0.25) is 0 Å².